The molecule has 90 valence electrons. The number of rotatable bonds is 2. The summed E-state index contributed by atoms with van der Waals surface area (Å²) in [6.45, 7) is 3.57. The summed E-state index contributed by atoms with van der Waals surface area (Å²) < 4.78 is 0. The molecule has 1 N–H and O–H groups in total. The van der Waals surface area contributed by atoms with Crippen molar-refractivity contribution in [3.05, 3.63) is 35.9 Å². The van der Waals surface area contributed by atoms with Crippen LogP contribution in [0.1, 0.15) is 19.4 Å². The molecule has 0 spiro atoms. The van der Waals surface area contributed by atoms with Crippen LogP contribution in [0.15, 0.2) is 30.3 Å². The molecule has 0 atom stereocenters. The van der Waals surface area contributed by atoms with E-state index in [0.717, 1.165) is 5.56 Å². The van der Waals surface area contributed by atoms with Crippen LogP contribution in [-0.2, 0) is 4.79 Å². The van der Waals surface area contributed by atoms with Gasteiger partial charge in [0.15, 0.2) is 0 Å². The summed E-state index contributed by atoms with van der Waals surface area (Å²) in [4.78, 5) is 13.0. The highest BCUT2D eigenvalue weighted by Crippen LogP contribution is 2.03. The van der Waals surface area contributed by atoms with Crippen LogP contribution >= 0.6 is 0 Å². The fraction of sp³-hybridized carbons (Fsp3) is 0.357. The van der Waals surface area contributed by atoms with Crippen molar-refractivity contribution in [3.8, 4) is 11.8 Å². The molecule has 1 rings (SSSR count). The molecule has 0 aromatic heterocycles. The van der Waals surface area contributed by atoms with Gasteiger partial charge < -0.3 is 10.0 Å². The lowest BCUT2D eigenvalue weighted by Crippen LogP contribution is -2.39. The molecule has 0 aliphatic rings. The van der Waals surface area contributed by atoms with Crippen LogP contribution in [0, 0.1) is 11.8 Å². The fourth-order valence-electron chi connectivity index (χ4n) is 1.39. The number of aliphatic hydroxyl groups is 1. The van der Waals surface area contributed by atoms with Gasteiger partial charge in [-0.1, -0.05) is 24.1 Å². The number of amides is 1. The van der Waals surface area contributed by atoms with E-state index in [4.69, 9.17) is 0 Å². The van der Waals surface area contributed by atoms with Crippen LogP contribution < -0.4 is 0 Å². The van der Waals surface area contributed by atoms with Crippen molar-refractivity contribution in [2.24, 2.45) is 0 Å². The second kappa shape index (κ2) is 5.51. The molecule has 3 heteroatoms. The second-order valence-corrected chi connectivity index (χ2v) is 4.59. The summed E-state index contributed by atoms with van der Waals surface area (Å²) in [5, 5.41) is 9.58. The molecule has 1 amide bonds. The van der Waals surface area contributed by atoms with E-state index in [-0.39, 0.29) is 12.5 Å². The first-order chi connectivity index (χ1) is 7.88. The summed E-state index contributed by atoms with van der Waals surface area (Å²) in [7, 11) is 1.62. The van der Waals surface area contributed by atoms with Crippen LogP contribution in [-0.4, -0.2) is 35.1 Å². The maximum Gasteiger partial charge on any atom is 0.298 e. The minimum Gasteiger partial charge on any atom is -0.389 e. The van der Waals surface area contributed by atoms with Crippen molar-refractivity contribution in [2.45, 2.75) is 19.4 Å². The number of nitrogens with zero attached hydrogens (tertiary/aromatic N) is 1. The van der Waals surface area contributed by atoms with Crippen molar-refractivity contribution in [1.29, 1.82) is 0 Å². The summed E-state index contributed by atoms with van der Waals surface area (Å²) in [6.07, 6.45) is 0. The molecular formula is C14H17NO2. The van der Waals surface area contributed by atoms with Crippen molar-refractivity contribution in [3.63, 3.8) is 0 Å². The Labute approximate surface area is 102 Å². The highest BCUT2D eigenvalue weighted by molar-refractivity contribution is 5.93. The molecule has 0 saturated carbocycles. The van der Waals surface area contributed by atoms with Crippen LogP contribution in [0.3, 0.4) is 0 Å². The standard InChI is InChI=1S/C14H17NO2/c1-14(2,17)11-15(3)13(16)10-9-12-7-5-4-6-8-12/h4-8,17H,11H2,1-3H3. The number of hydrogen-bond donors (Lipinski definition) is 1. The first-order valence-corrected chi connectivity index (χ1v) is 5.43. The second-order valence-electron chi connectivity index (χ2n) is 4.59. The minimum absolute atomic E-state index is 0.259. The van der Waals surface area contributed by atoms with Crippen LogP contribution in [0.4, 0.5) is 0 Å². The van der Waals surface area contributed by atoms with Gasteiger partial charge in [0.05, 0.1) is 5.60 Å². The zero-order valence-electron chi connectivity index (χ0n) is 10.4. The molecule has 0 bridgehead atoms. The Balaban J connectivity index is 2.64. The van der Waals surface area contributed by atoms with Crippen molar-refractivity contribution >= 4 is 5.91 Å². The van der Waals surface area contributed by atoms with E-state index in [1.807, 2.05) is 30.3 Å². The van der Waals surface area contributed by atoms with Gasteiger partial charge in [-0.3, -0.25) is 4.79 Å². The highest BCUT2D eigenvalue weighted by Gasteiger charge is 2.17. The third-order valence-electron chi connectivity index (χ3n) is 2.06. The van der Waals surface area contributed by atoms with E-state index in [1.165, 1.54) is 4.90 Å². The zero-order chi connectivity index (χ0) is 12.9. The number of hydrogen-bond acceptors (Lipinski definition) is 2. The van der Waals surface area contributed by atoms with E-state index >= 15 is 0 Å². The Bertz CT molecular complexity index is 435. The molecule has 0 unspecified atom stereocenters. The van der Waals surface area contributed by atoms with E-state index in [9.17, 15) is 9.90 Å². The van der Waals surface area contributed by atoms with Gasteiger partial charge in [0.25, 0.3) is 5.91 Å². The third kappa shape index (κ3) is 5.19. The number of likely N-dealkylation sites (N-methyl/N-ethyl adjacent to an activating group) is 1. The van der Waals surface area contributed by atoms with Crippen LogP contribution in [0.25, 0.3) is 0 Å². The van der Waals surface area contributed by atoms with Crippen molar-refractivity contribution in [2.75, 3.05) is 13.6 Å². The van der Waals surface area contributed by atoms with Gasteiger partial charge in [-0.2, -0.15) is 0 Å². The summed E-state index contributed by atoms with van der Waals surface area (Å²) >= 11 is 0. The summed E-state index contributed by atoms with van der Waals surface area (Å²) in [5.41, 5.74) is -0.101. The Hall–Kier alpha value is -1.79. The lowest BCUT2D eigenvalue weighted by Gasteiger charge is -2.23. The minimum atomic E-state index is -0.904. The molecule has 0 aliphatic carbocycles. The average Bonchev–Trinajstić information content (AvgIpc) is 2.25. The first kappa shape index (κ1) is 13.3. The molecule has 0 radical (unpaired) electrons. The van der Waals surface area contributed by atoms with Gasteiger partial charge in [-0.15, -0.1) is 0 Å². The van der Waals surface area contributed by atoms with E-state index in [1.54, 1.807) is 20.9 Å². The molecule has 1 aromatic rings. The average molecular weight is 231 g/mol. The molecular weight excluding hydrogens is 214 g/mol. The summed E-state index contributed by atoms with van der Waals surface area (Å²) in [6, 6.07) is 9.32. The van der Waals surface area contributed by atoms with Crippen LogP contribution in [0.2, 0.25) is 0 Å². The maximum atomic E-state index is 11.6. The SMILES string of the molecule is CN(CC(C)(C)O)C(=O)C#Cc1ccccc1. The third-order valence-corrected chi connectivity index (χ3v) is 2.06. The first-order valence-electron chi connectivity index (χ1n) is 5.43. The molecule has 1 aromatic carbocycles. The zero-order valence-corrected chi connectivity index (χ0v) is 10.4. The Kier molecular flexibility index (Phi) is 4.30. The molecule has 17 heavy (non-hydrogen) atoms. The maximum absolute atomic E-state index is 11.6. The Morgan fingerprint density at radius 1 is 1.35 bits per heavy atom. The van der Waals surface area contributed by atoms with Crippen molar-refractivity contribution in [1.82, 2.24) is 4.90 Å². The number of carbonyl (C=O) groups is 1. The monoisotopic (exact) mass is 231 g/mol. The Morgan fingerprint density at radius 2 is 1.94 bits per heavy atom. The van der Waals surface area contributed by atoms with Gasteiger partial charge in [0.1, 0.15) is 0 Å². The largest absolute Gasteiger partial charge is 0.389 e. The van der Waals surface area contributed by atoms with E-state index in [2.05, 4.69) is 11.8 Å². The van der Waals surface area contributed by atoms with Gasteiger partial charge in [-0.25, -0.2) is 0 Å². The van der Waals surface area contributed by atoms with E-state index < -0.39 is 5.60 Å². The molecule has 0 heterocycles. The lowest BCUT2D eigenvalue weighted by molar-refractivity contribution is -0.126. The lowest BCUT2D eigenvalue weighted by atomic mass is 10.1. The van der Waals surface area contributed by atoms with Gasteiger partial charge in [0, 0.05) is 25.1 Å². The predicted octanol–water partition coefficient (Wildman–Crippen LogP) is 1.27. The number of carbonyl (C=O) groups excluding carboxylic acids is 1. The summed E-state index contributed by atoms with van der Waals surface area (Å²) in [5.74, 6) is 5.04. The molecule has 0 aliphatic heterocycles. The predicted molar refractivity (Wildman–Crippen MR) is 67.3 cm³/mol. The molecule has 3 nitrogen and oxygen atoms in total. The van der Waals surface area contributed by atoms with Gasteiger partial charge in [0.2, 0.25) is 0 Å². The molecule has 0 saturated heterocycles. The quantitative estimate of drug-likeness (QED) is 0.779. The number of benzene rings is 1. The van der Waals surface area contributed by atoms with Crippen molar-refractivity contribution < 1.29 is 9.90 Å². The fourth-order valence-corrected chi connectivity index (χ4v) is 1.39. The van der Waals surface area contributed by atoms with Gasteiger partial charge >= 0.3 is 0 Å². The smallest absolute Gasteiger partial charge is 0.298 e. The highest BCUT2D eigenvalue weighted by atomic mass is 16.3. The Morgan fingerprint density at radius 3 is 2.47 bits per heavy atom. The normalized spacial score (nSPS) is 10.4. The molecule has 0 fully saturated rings. The van der Waals surface area contributed by atoms with Crippen LogP contribution in [0.5, 0.6) is 0 Å². The van der Waals surface area contributed by atoms with E-state index in [0.29, 0.717) is 0 Å². The van der Waals surface area contributed by atoms with Gasteiger partial charge in [-0.05, 0) is 26.0 Å². The topological polar surface area (TPSA) is 40.5 Å².